The second-order valence-corrected chi connectivity index (χ2v) is 6.88. The lowest BCUT2D eigenvalue weighted by Gasteiger charge is -2.43. The van der Waals surface area contributed by atoms with Gasteiger partial charge in [-0.1, -0.05) is 18.0 Å². The number of piperazine rings is 1. The smallest absolute Gasteiger partial charge is 0.337 e. The highest BCUT2D eigenvalue weighted by Gasteiger charge is 2.29. The van der Waals surface area contributed by atoms with Crippen LogP contribution >= 0.6 is 11.6 Å². The van der Waals surface area contributed by atoms with Crippen LogP contribution in [0.5, 0.6) is 0 Å². The SMILES string of the molecule is O=C(CN1CCN2CCCC[C@@H]2C1)Nc1ccc(Cl)c(C(=O)O)c1. The van der Waals surface area contributed by atoms with Gasteiger partial charge in [0.25, 0.3) is 0 Å². The van der Waals surface area contributed by atoms with Gasteiger partial charge in [-0.3, -0.25) is 14.6 Å². The summed E-state index contributed by atoms with van der Waals surface area (Å²) in [4.78, 5) is 28.1. The summed E-state index contributed by atoms with van der Waals surface area (Å²) in [5, 5.41) is 12.0. The largest absolute Gasteiger partial charge is 0.478 e. The number of amides is 1. The molecule has 24 heavy (non-hydrogen) atoms. The lowest BCUT2D eigenvalue weighted by atomic mass is 9.99. The van der Waals surface area contributed by atoms with Gasteiger partial charge in [0.2, 0.25) is 5.91 Å². The minimum absolute atomic E-state index is 0.00899. The molecule has 2 aliphatic heterocycles. The number of carbonyl (C=O) groups excluding carboxylic acids is 1. The van der Waals surface area contributed by atoms with E-state index in [1.165, 1.54) is 37.9 Å². The molecule has 1 aromatic carbocycles. The molecule has 2 saturated heterocycles. The maximum absolute atomic E-state index is 12.3. The molecule has 2 N–H and O–H groups in total. The summed E-state index contributed by atoms with van der Waals surface area (Å²) in [7, 11) is 0. The number of fused-ring (bicyclic) bond motifs is 1. The van der Waals surface area contributed by atoms with Gasteiger partial charge in [-0.15, -0.1) is 0 Å². The molecule has 0 spiro atoms. The third-order valence-corrected chi connectivity index (χ3v) is 5.10. The summed E-state index contributed by atoms with van der Waals surface area (Å²) in [5.74, 6) is -1.23. The predicted octanol–water partition coefficient (Wildman–Crippen LogP) is 2.15. The third kappa shape index (κ3) is 4.06. The highest BCUT2D eigenvalue weighted by atomic mass is 35.5. The number of aromatic carboxylic acids is 1. The number of halogens is 1. The van der Waals surface area contributed by atoms with E-state index < -0.39 is 5.97 Å². The summed E-state index contributed by atoms with van der Waals surface area (Å²) in [6, 6.07) is 5.06. The highest BCUT2D eigenvalue weighted by Crippen LogP contribution is 2.22. The number of hydrogen-bond acceptors (Lipinski definition) is 4. The Morgan fingerprint density at radius 3 is 2.88 bits per heavy atom. The number of carboxylic acid groups (broad SMARTS) is 1. The maximum atomic E-state index is 12.3. The second-order valence-electron chi connectivity index (χ2n) is 6.47. The molecule has 2 fully saturated rings. The molecule has 0 bridgehead atoms. The van der Waals surface area contributed by atoms with Gasteiger partial charge in [0.15, 0.2) is 0 Å². The normalized spacial score (nSPS) is 22.0. The van der Waals surface area contributed by atoms with Crippen LogP contribution in [0.25, 0.3) is 0 Å². The van der Waals surface area contributed by atoms with E-state index in [1.807, 2.05) is 0 Å². The molecular weight excluding hydrogens is 330 g/mol. The summed E-state index contributed by atoms with van der Waals surface area (Å²) in [6.45, 7) is 4.34. The molecule has 1 atom stereocenters. The van der Waals surface area contributed by atoms with Crippen LogP contribution in [-0.4, -0.2) is 65.5 Å². The van der Waals surface area contributed by atoms with Crippen molar-refractivity contribution in [3.05, 3.63) is 28.8 Å². The summed E-state index contributed by atoms with van der Waals surface area (Å²) < 4.78 is 0. The Hall–Kier alpha value is -1.63. The molecule has 3 rings (SSSR count). The van der Waals surface area contributed by atoms with Crippen LogP contribution in [0.1, 0.15) is 29.6 Å². The van der Waals surface area contributed by atoms with E-state index in [9.17, 15) is 9.59 Å². The number of benzene rings is 1. The third-order valence-electron chi connectivity index (χ3n) is 4.77. The lowest BCUT2D eigenvalue weighted by molar-refractivity contribution is -0.118. The van der Waals surface area contributed by atoms with E-state index in [2.05, 4.69) is 15.1 Å². The molecule has 0 aromatic heterocycles. The van der Waals surface area contributed by atoms with E-state index >= 15 is 0 Å². The van der Waals surface area contributed by atoms with E-state index in [0.717, 1.165) is 19.6 Å². The molecule has 0 radical (unpaired) electrons. The number of carboxylic acids is 1. The van der Waals surface area contributed by atoms with Gasteiger partial charge < -0.3 is 10.4 Å². The van der Waals surface area contributed by atoms with Gasteiger partial charge in [0.1, 0.15) is 0 Å². The Kier molecular flexibility index (Phi) is 5.38. The number of piperidine rings is 1. The van der Waals surface area contributed by atoms with Crippen molar-refractivity contribution < 1.29 is 14.7 Å². The zero-order valence-electron chi connectivity index (χ0n) is 13.5. The van der Waals surface area contributed by atoms with Crippen LogP contribution in [0, 0.1) is 0 Å². The molecule has 0 saturated carbocycles. The number of hydrogen-bond donors (Lipinski definition) is 2. The van der Waals surface area contributed by atoms with E-state index in [0.29, 0.717) is 18.3 Å². The number of nitrogens with one attached hydrogen (secondary N) is 1. The van der Waals surface area contributed by atoms with Crippen molar-refractivity contribution in [2.75, 3.05) is 38.0 Å². The topological polar surface area (TPSA) is 72.9 Å². The van der Waals surface area contributed by atoms with Crippen molar-refractivity contribution in [1.82, 2.24) is 9.80 Å². The van der Waals surface area contributed by atoms with Crippen LogP contribution in [0.15, 0.2) is 18.2 Å². The van der Waals surface area contributed by atoms with Crippen LogP contribution in [0.2, 0.25) is 5.02 Å². The summed E-state index contributed by atoms with van der Waals surface area (Å²) in [5.41, 5.74) is 0.448. The quantitative estimate of drug-likeness (QED) is 0.869. The standard InChI is InChI=1S/C17H22ClN3O3/c18-15-5-4-12(9-14(15)17(23)24)19-16(22)11-20-7-8-21-6-2-1-3-13(21)10-20/h4-5,9,13H,1-3,6-8,10-11H2,(H,19,22)(H,23,24)/t13-/m1/s1. The Morgan fingerprint density at radius 2 is 2.08 bits per heavy atom. The number of carbonyl (C=O) groups is 2. The van der Waals surface area contributed by atoms with E-state index in [-0.39, 0.29) is 16.5 Å². The summed E-state index contributed by atoms with van der Waals surface area (Å²) >= 11 is 5.84. The predicted molar refractivity (Wildman–Crippen MR) is 92.7 cm³/mol. The van der Waals surface area contributed by atoms with E-state index in [4.69, 9.17) is 16.7 Å². The molecule has 0 aliphatic carbocycles. The average molecular weight is 352 g/mol. The maximum Gasteiger partial charge on any atom is 0.337 e. The van der Waals surface area contributed by atoms with Crippen molar-refractivity contribution >= 4 is 29.2 Å². The molecule has 1 aromatic rings. The summed E-state index contributed by atoms with van der Waals surface area (Å²) in [6.07, 6.45) is 3.75. The number of anilines is 1. The minimum atomic E-state index is -1.11. The van der Waals surface area contributed by atoms with Crippen LogP contribution < -0.4 is 5.32 Å². The zero-order chi connectivity index (χ0) is 17.1. The molecule has 2 heterocycles. The van der Waals surface area contributed by atoms with Crippen molar-refractivity contribution in [2.45, 2.75) is 25.3 Å². The Balaban J connectivity index is 1.56. The molecule has 1 amide bonds. The molecule has 6 nitrogen and oxygen atoms in total. The van der Waals surface area contributed by atoms with Gasteiger partial charge in [-0.05, 0) is 37.6 Å². The highest BCUT2D eigenvalue weighted by molar-refractivity contribution is 6.33. The number of rotatable bonds is 4. The van der Waals surface area contributed by atoms with Crippen LogP contribution in [0.4, 0.5) is 5.69 Å². The van der Waals surface area contributed by atoms with Gasteiger partial charge in [-0.2, -0.15) is 0 Å². The Morgan fingerprint density at radius 1 is 1.25 bits per heavy atom. The second kappa shape index (κ2) is 7.51. The Bertz CT molecular complexity index is 638. The molecule has 2 aliphatic rings. The van der Waals surface area contributed by atoms with Crippen LogP contribution in [-0.2, 0) is 4.79 Å². The van der Waals surface area contributed by atoms with Crippen molar-refractivity contribution in [2.24, 2.45) is 0 Å². The fourth-order valence-electron chi connectivity index (χ4n) is 3.53. The first-order valence-corrected chi connectivity index (χ1v) is 8.70. The lowest BCUT2D eigenvalue weighted by Crippen LogP contribution is -2.55. The molecular formula is C17H22ClN3O3. The molecule has 130 valence electrons. The fraction of sp³-hybridized carbons (Fsp3) is 0.529. The van der Waals surface area contributed by atoms with Gasteiger partial charge in [0.05, 0.1) is 17.1 Å². The van der Waals surface area contributed by atoms with Gasteiger partial charge in [-0.25, -0.2) is 4.79 Å². The first-order valence-electron chi connectivity index (χ1n) is 8.32. The van der Waals surface area contributed by atoms with Gasteiger partial charge in [0, 0.05) is 31.4 Å². The van der Waals surface area contributed by atoms with Crippen molar-refractivity contribution in [3.8, 4) is 0 Å². The molecule has 7 heteroatoms. The number of nitrogens with zero attached hydrogens (tertiary/aromatic N) is 2. The first-order chi connectivity index (χ1) is 11.5. The molecule has 0 unspecified atom stereocenters. The van der Waals surface area contributed by atoms with Crippen molar-refractivity contribution in [3.63, 3.8) is 0 Å². The minimum Gasteiger partial charge on any atom is -0.478 e. The van der Waals surface area contributed by atoms with Crippen LogP contribution in [0.3, 0.4) is 0 Å². The first kappa shape index (κ1) is 17.2. The zero-order valence-corrected chi connectivity index (χ0v) is 14.3. The Labute approximate surface area is 146 Å². The van der Waals surface area contributed by atoms with E-state index in [1.54, 1.807) is 6.07 Å². The monoisotopic (exact) mass is 351 g/mol. The van der Waals surface area contributed by atoms with Crippen molar-refractivity contribution in [1.29, 1.82) is 0 Å². The average Bonchev–Trinajstić information content (AvgIpc) is 2.56. The van der Waals surface area contributed by atoms with Gasteiger partial charge >= 0.3 is 5.97 Å². The fourth-order valence-corrected chi connectivity index (χ4v) is 3.73.